The molecule has 17 heavy (non-hydrogen) atoms. The van der Waals surface area contributed by atoms with Gasteiger partial charge in [0.2, 0.25) is 0 Å². The van der Waals surface area contributed by atoms with Crippen molar-refractivity contribution in [2.45, 2.75) is 6.54 Å². The Labute approximate surface area is 104 Å². The van der Waals surface area contributed by atoms with Gasteiger partial charge in [0, 0.05) is 6.20 Å². The zero-order chi connectivity index (χ0) is 12.3. The second-order valence-corrected chi connectivity index (χ2v) is 3.94. The molecule has 0 bridgehead atoms. The first-order chi connectivity index (χ1) is 8.22. The van der Waals surface area contributed by atoms with Gasteiger partial charge in [0.05, 0.1) is 30.4 Å². The molecular formula is C12H10ClN3O. The van der Waals surface area contributed by atoms with Gasteiger partial charge in [-0.2, -0.15) is 10.4 Å². The molecule has 0 spiro atoms. The third kappa shape index (κ3) is 2.58. The van der Waals surface area contributed by atoms with Gasteiger partial charge >= 0.3 is 0 Å². The van der Waals surface area contributed by atoms with E-state index in [-0.39, 0.29) is 0 Å². The number of halogens is 1. The van der Waals surface area contributed by atoms with Crippen molar-refractivity contribution < 1.29 is 4.74 Å². The van der Waals surface area contributed by atoms with Gasteiger partial charge in [0.15, 0.2) is 0 Å². The molecule has 0 saturated heterocycles. The van der Waals surface area contributed by atoms with Crippen molar-refractivity contribution in [2.24, 2.45) is 0 Å². The quantitative estimate of drug-likeness (QED) is 0.837. The maximum Gasteiger partial charge on any atom is 0.136 e. The minimum absolute atomic E-state index is 0.517. The van der Waals surface area contributed by atoms with Crippen LogP contribution in [0.4, 0.5) is 0 Å². The summed E-state index contributed by atoms with van der Waals surface area (Å²) in [5, 5.41) is 13.6. The summed E-state index contributed by atoms with van der Waals surface area (Å²) in [7, 11) is 1.54. The van der Waals surface area contributed by atoms with Crippen molar-refractivity contribution in [1.82, 2.24) is 9.78 Å². The zero-order valence-electron chi connectivity index (χ0n) is 9.22. The maximum absolute atomic E-state index is 8.97. The van der Waals surface area contributed by atoms with Crippen LogP contribution in [0.2, 0.25) is 5.02 Å². The molecule has 4 nitrogen and oxygen atoms in total. The molecule has 86 valence electrons. The summed E-state index contributed by atoms with van der Waals surface area (Å²) in [5.41, 5.74) is 1.49. The molecule has 2 aromatic rings. The number of nitrogens with zero attached hydrogens (tertiary/aromatic N) is 3. The second kappa shape index (κ2) is 4.89. The Balaban J connectivity index is 2.26. The molecule has 5 heteroatoms. The Kier molecular flexibility index (Phi) is 3.31. The first kappa shape index (κ1) is 11.5. The van der Waals surface area contributed by atoms with E-state index in [1.807, 2.05) is 6.07 Å². The Morgan fingerprint density at radius 2 is 2.35 bits per heavy atom. The van der Waals surface area contributed by atoms with E-state index in [4.69, 9.17) is 21.6 Å². The lowest BCUT2D eigenvalue weighted by Gasteiger charge is -2.06. The van der Waals surface area contributed by atoms with Crippen molar-refractivity contribution in [3.63, 3.8) is 0 Å². The highest BCUT2D eigenvalue weighted by molar-refractivity contribution is 6.30. The summed E-state index contributed by atoms with van der Waals surface area (Å²) in [4.78, 5) is 0. The molecule has 0 saturated carbocycles. The van der Waals surface area contributed by atoms with E-state index in [2.05, 4.69) is 11.2 Å². The van der Waals surface area contributed by atoms with Gasteiger partial charge < -0.3 is 4.74 Å². The summed E-state index contributed by atoms with van der Waals surface area (Å²) in [6, 6.07) is 7.56. The van der Waals surface area contributed by atoms with E-state index >= 15 is 0 Å². The number of aromatic nitrogens is 2. The van der Waals surface area contributed by atoms with E-state index in [1.165, 1.54) is 0 Å². The molecule has 2 rings (SSSR count). The fourth-order valence-electron chi connectivity index (χ4n) is 1.55. The molecule has 0 amide bonds. The molecule has 1 heterocycles. The van der Waals surface area contributed by atoms with Crippen LogP contribution in [0, 0.1) is 11.3 Å². The number of nitriles is 1. The minimum atomic E-state index is 0.517. The highest BCUT2D eigenvalue weighted by atomic mass is 35.5. The standard InChI is InChI=1S/C12H10ClN3O/c1-17-12-3-2-9(4-10(12)5-14)7-16-8-11(13)6-15-16/h2-4,6,8H,7H2,1H3. The predicted octanol–water partition coefficient (Wildman–Crippen LogP) is 2.47. The smallest absolute Gasteiger partial charge is 0.136 e. The van der Waals surface area contributed by atoms with Gasteiger partial charge in [-0.15, -0.1) is 0 Å². The van der Waals surface area contributed by atoms with Crippen LogP contribution >= 0.6 is 11.6 Å². The highest BCUT2D eigenvalue weighted by Gasteiger charge is 2.04. The fraction of sp³-hybridized carbons (Fsp3) is 0.167. The summed E-state index contributed by atoms with van der Waals surface area (Å²) < 4.78 is 6.79. The molecule has 0 aliphatic heterocycles. The summed E-state index contributed by atoms with van der Waals surface area (Å²) >= 11 is 5.78. The van der Waals surface area contributed by atoms with Crippen molar-refractivity contribution in [3.05, 3.63) is 46.7 Å². The van der Waals surface area contributed by atoms with Crippen molar-refractivity contribution >= 4 is 11.6 Å². The number of hydrogen-bond acceptors (Lipinski definition) is 3. The van der Waals surface area contributed by atoms with E-state index < -0.39 is 0 Å². The number of ether oxygens (including phenoxy) is 1. The van der Waals surface area contributed by atoms with E-state index in [0.29, 0.717) is 22.9 Å². The monoisotopic (exact) mass is 247 g/mol. The minimum Gasteiger partial charge on any atom is -0.495 e. The molecule has 0 aliphatic carbocycles. The third-order valence-electron chi connectivity index (χ3n) is 2.33. The number of methoxy groups -OCH3 is 1. The number of benzene rings is 1. The van der Waals surface area contributed by atoms with E-state index in [0.717, 1.165) is 5.56 Å². The normalized spacial score (nSPS) is 9.94. The SMILES string of the molecule is COc1ccc(Cn2cc(Cl)cn2)cc1C#N. The van der Waals surface area contributed by atoms with Crippen LogP contribution in [0.3, 0.4) is 0 Å². The second-order valence-electron chi connectivity index (χ2n) is 3.50. The lowest BCUT2D eigenvalue weighted by Crippen LogP contribution is -2.00. The Morgan fingerprint density at radius 1 is 1.53 bits per heavy atom. The molecule has 0 N–H and O–H groups in total. The molecule has 0 aliphatic rings. The maximum atomic E-state index is 8.97. The summed E-state index contributed by atoms with van der Waals surface area (Å²) in [5.74, 6) is 0.578. The number of hydrogen-bond donors (Lipinski definition) is 0. The average molecular weight is 248 g/mol. The molecule has 1 aromatic heterocycles. The summed E-state index contributed by atoms with van der Waals surface area (Å²) in [6.07, 6.45) is 3.31. The lowest BCUT2D eigenvalue weighted by molar-refractivity contribution is 0.413. The topological polar surface area (TPSA) is 50.8 Å². The first-order valence-electron chi connectivity index (χ1n) is 4.98. The lowest BCUT2D eigenvalue weighted by atomic mass is 10.1. The molecular weight excluding hydrogens is 238 g/mol. The van der Waals surface area contributed by atoms with E-state index in [9.17, 15) is 0 Å². The zero-order valence-corrected chi connectivity index (χ0v) is 9.98. The Bertz CT molecular complexity index is 571. The number of rotatable bonds is 3. The van der Waals surface area contributed by atoms with Gasteiger partial charge in [-0.3, -0.25) is 4.68 Å². The first-order valence-corrected chi connectivity index (χ1v) is 5.35. The molecule has 0 radical (unpaired) electrons. The van der Waals surface area contributed by atoms with Crippen LogP contribution in [-0.2, 0) is 6.54 Å². The van der Waals surface area contributed by atoms with Crippen molar-refractivity contribution in [3.8, 4) is 11.8 Å². The predicted molar refractivity (Wildman–Crippen MR) is 64.0 cm³/mol. The third-order valence-corrected chi connectivity index (χ3v) is 2.53. The van der Waals surface area contributed by atoms with Crippen molar-refractivity contribution in [1.29, 1.82) is 5.26 Å². The van der Waals surface area contributed by atoms with Crippen LogP contribution in [0.5, 0.6) is 5.75 Å². The van der Waals surface area contributed by atoms with Gasteiger partial charge in [0.25, 0.3) is 0 Å². The molecule has 0 unspecified atom stereocenters. The molecule has 1 aromatic carbocycles. The summed E-state index contributed by atoms with van der Waals surface area (Å²) in [6.45, 7) is 0.575. The van der Waals surface area contributed by atoms with E-state index in [1.54, 1.807) is 36.3 Å². The molecule has 0 fully saturated rings. The van der Waals surface area contributed by atoms with Crippen LogP contribution in [0.1, 0.15) is 11.1 Å². The highest BCUT2D eigenvalue weighted by Crippen LogP contribution is 2.19. The fourth-order valence-corrected chi connectivity index (χ4v) is 1.71. The van der Waals surface area contributed by atoms with Gasteiger partial charge in [-0.05, 0) is 17.7 Å². The van der Waals surface area contributed by atoms with Gasteiger partial charge in [-0.25, -0.2) is 0 Å². The Morgan fingerprint density at radius 3 is 2.94 bits per heavy atom. The van der Waals surface area contributed by atoms with Crippen molar-refractivity contribution in [2.75, 3.05) is 7.11 Å². The van der Waals surface area contributed by atoms with Crippen LogP contribution < -0.4 is 4.74 Å². The average Bonchev–Trinajstić information content (AvgIpc) is 2.74. The van der Waals surface area contributed by atoms with Crippen LogP contribution in [0.25, 0.3) is 0 Å². The van der Waals surface area contributed by atoms with Gasteiger partial charge in [-0.1, -0.05) is 17.7 Å². The van der Waals surface area contributed by atoms with Crippen LogP contribution in [0.15, 0.2) is 30.6 Å². The van der Waals surface area contributed by atoms with Gasteiger partial charge in [0.1, 0.15) is 11.8 Å². The molecule has 0 atom stereocenters. The largest absolute Gasteiger partial charge is 0.495 e. The Hall–Kier alpha value is -1.99. The van der Waals surface area contributed by atoms with Crippen LogP contribution in [-0.4, -0.2) is 16.9 Å².